The molecular formula is C19H20N4O2S. The topological polar surface area (TPSA) is 84.0 Å². The van der Waals surface area contributed by atoms with Gasteiger partial charge in [0.1, 0.15) is 4.83 Å². The van der Waals surface area contributed by atoms with Crippen LogP contribution in [0.1, 0.15) is 21.6 Å². The van der Waals surface area contributed by atoms with Crippen molar-refractivity contribution in [3.63, 3.8) is 0 Å². The normalized spacial score (nSPS) is 11.9. The molecule has 2 amide bonds. The lowest BCUT2D eigenvalue weighted by Crippen LogP contribution is -2.38. The van der Waals surface area contributed by atoms with Crippen molar-refractivity contribution in [3.8, 4) is 0 Å². The Labute approximate surface area is 155 Å². The zero-order valence-corrected chi connectivity index (χ0v) is 15.5. The Kier molecular flexibility index (Phi) is 5.58. The van der Waals surface area contributed by atoms with Crippen LogP contribution in [-0.2, 0) is 11.2 Å². The van der Waals surface area contributed by atoms with Crippen molar-refractivity contribution in [2.45, 2.75) is 13.3 Å². The Balaban J connectivity index is 1.69. The first kappa shape index (κ1) is 18.0. The van der Waals surface area contributed by atoms with Gasteiger partial charge in [0.15, 0.2) is 0 Å². The number of carbonyl (C=O) groups excluding carboxylic acids is 2. The third kappa shape index (κ3) is 4.05. The summed E-state index contributed by atoms with van der Waals surface area (Å²) in [6.45, 7) is 2.15. The smallest absolute Gasteiger partial charge is 0.252 e. The van der Waals surface area contributed by atoms with E-state index in [9.17, 15) is 9.59 Å². The van der Waals surface area contributed by atoms with E-state index in [-0.39, 0.29) is 24.3 Å². The zero-order chi connectivity index (χ0) is 18.5. The highest BCUT2D eigenvalue weighted by Gasteiger charge is 2.19. The van der Waals surface area contributed by atoms with Crippen molar-refractivity contribution in [2.24, 2.45) is 5.92 Å². The van der Waals surface area contributed by atoms with Gasteiger partial charge in [-0.1, -0.05) is 30.3 Å². The molecule has 0 saturated carbocycles. The minimum Gasteiger partial charge on any atom is -0.359 e. The average molecular weight is 368 g/mol. The molecule has 7 heteroatoms. The number of hydrogen-bond acceptors (Lipinski definition) is 5. The van der Waals surface area contributed by atoms with E-state index in [1.807, 2.05) is 37.3 Å². The van der Waals surface area contributed by atoms with Gasteiger partial charge in [-0.15, -0.1) is 0 Å². The van der Waals surface area contributed by atoms with Crippen LogP contribution in [0.5, 0.6) is 0 Å². The van der Waals surface area contributed by atoms with Crippen LogP contribution in [-0.4, -0.2) is 34.8 Å². The maximum Gasteiger partial charge on any atom is 0.252 e. The summed E-state index contributed by atoms with van der Waals surface area (Å²) in [6, 6.07) is 11.6. The van der Waals surface area contributed by atoms with Crippen molar-refractivity contribution >= 4 is 33.6 Å². The third-order valence-corrected chi connectivity index (χ3v) is 5.09. The molecule has 3 aromatic rings. The Hall–Kier alpha value is -2.80. The molecule has 1 atom stereocenters. The molecule has 0 aliphatic carbocycles. The maximum atomic E-state index is 12.5. The molecule has 1 unspecified atom stereocenters. The van der Waals surface area contributed by atoms with Gasteiger partial charge in [0.25, 0.3) is 5.91 Å². The number of nitrogens with zero attached hydrogens (tertiary/aromatic N) is 2. The number of aromatic nitrogens is 2. The van der Waals surface area contributed by atoms with Crippen LogP contribution in [0.4, 0.5) is 0 Å². The maximum absolute atomic E-state index is 12.5. The van der Waals surface area contributed by atoms with E-state index >= 15 is 0 Å². The van der Waals surface area contributed by atoms with Crippen LogP contribution in [0.25, 0.3) is 10.2 Å². The molecule has 2 aromatic heterocycles. The third-order valence-electron chi connectivity index (χ3n) is 4.22. The molecule has 3 rings (SSSR count). The van der Waals surface area contributed by atoms with Crippen LogP contribution in [0.15, 0.2) is 42.6 Å². The van der Waals surface area contributed by atoms with E-state index in [1.54, 1.807) is 19.3 Å². The number of pyridine rings is 1. The van der Waals surface area contributed by atoms with Crippen molar-refractivity contribution in [1.82, 2.24) is 20.0 Å². The van der Waals surface area contributed by atoms with E-state index < -0.39 is 0 Å². The summed E-state index contributed by atoms with van der Waals surface area (Å²) in [7, 11) is 1.60. The fourth-order valence-corrected chi connectivity index (χ4v) is 3.47. The minimum atomic E-state index is -0.340. The van der Waals surface area contributed by atoms with Gasteiger partial charge in [-0.05, 0) is 36.5 Å². The number of nitrogens with one attached hydrogen (secondary N) is 2. The highest BCUT2D eigenvalue weighted by atomic mass is 32.1. The van der Waals surface area contributed by atoms with Gasteiger partial charge in [-0.25, -0.2) is 4.98 Å². The quantitative estimate of drug-likeness (QED) is 0.699. The van der Waals surface area contributed by atoms with Crippen LogP contribution >= 0.6 is 11.5 Å². The molecule has 134 valence electrons. The number of amides is 2. The fourth-order valence-electron chi connectivity index (χ4n) is 2.75. The highest BCUT2D eigenvalue weighted by molar-refractivity contribution is 7.12. The van der Waals surface area contributed by atoms with E-state index in [0.29, 0.717) is 12.0 Å². The van der Waals surface area contributed by atoms with Gasteiger partial charge in [-0.3, -0.25) is 9.59 Å². The number of carbonyl (C=O) groups is 2. The SMILES string of the molecule is CNC(=O)C(CNC(=O)c1cnc2snc(C)c2c1)Cc1ccccc1. The van der Waals surface area contributed by atoms with E-state index in [4.69, 9.17) is 0 Å². The molecule has 0 spiro atoms. The summed E-state index contributed by atoms with van der Waals surface area (Å²) in [5.74, 6) is -0.680. The van der Waals surface area contributed by atoms with Gasteiger partial charge >= 0.3 is 0 Å². The molecule has 2 heterocycles. The van der Waals surface area contributed by atoms with E-state index in [1.165, 1.54) is 11.5 Å². The Morgan fingerprint density at radius 2 is 2.00 bits per heavy atom. The number of rotatable bonds is 6. The summed E-state index contributed by atoms with van der Waals surface area (Å²) < 4.78 is 4.25. The average Bonchev–Trinajstić information content (AvgIpc) is 3.05. The second-order valence-electron chi connectivity index (χ2n) is 6.06. The molecule has 2 N–H and O–H groups in total. The van der Waals surface area contributed by atoms with Crippen molar-refractivity contribution in [3.05, 3.63) is 59.4 Å². The van der Waals surface area contributed by atoms with E-state index in [2.05, 4.69) is 20.0 Å². The standard InChI is InChI=1S/C19H20N4O2S/c1-12-16-9-15(11-22-19(16)26-23-12)18(25)21-10-14(17(24)20-2)8-13-6-4-3-5-7-13/h3-7,9,11,14H,8,10H2,1-2H3,(H,20,24)(H,21,25). The molecule has 0 aliphatic heterocycles. The molecule has 26 heavy (non-hydrogen) atoms. The van der Waals surface area contributed by atoms with Crippen LogP contribution < -0.4 is 10.6 Å². The minimum absolute atomic E-state index is 0.0967. The van der Waals surface area contributed by atoms with Gasteiger partial charge in [0.05, 0.1) is 17.2 Å². The van der Waals surface area contributed by atoms with Crippen LogP contribution in [0.2, 0.25) is 0 Å². The van der Waals surface area contributed by atoms with Gasteiger partial charge in [0, 0.05) is 25.2 Å². The Bertz CT molecular complexity index is 924. The summed E-state index contributed by atoms with van der Waals surface area (Å²) in [5, 5.41) is 6.41. The molecule has 1 aromatic carbocycles. The summed E-state index contributed by atoms with van der Waals surface area (Å²) in [6.07, 6.45) is 2.10. The summed E-state index contributed by atoms with van der Waals surface area (Å²) >= 11 is 1.31. The zero-order valence-electron chi connectivity index (χ0n) is 14.7. The van der Waals surface area contributed by atoms with Gasteiger partial charge < -0.3 is 10.6 Å². The lowest BCUT2D eigenvalue weighted by molar-refractivity contribution is -0.124. The largest absolute Gasteiger partial charge is 0.359 e. The predicted molar refractivity (Wildman–Crippen MR) is 102 cm³/mol. The lowest BCUT2D eigenvalue weighted by atomic mass is 9.98. The molecular weight excluding hydrogens is 348 g/mol. The number of aryl methyl sites for hydroxylation is 1. The summed E-state index contributed by atoms with van der Waals surface area (Å²) in [5.41, 5.74) is 2.38. The molecule has 0 radical (unpaired) electrons. The second kappa shape index (κ2) is 8.05. The van der Waals surface area contributed by atoms with Gasteiger partial charge in [0.2, 0.25) is 5.91 Å². The number of benzene rings is 1. The Morgan fingerprint density at radius 1 is 1.23 bits per heavy atom. The Morgan fingerprint density at radius 3 is 2.73 bits per heavy atom. The fraction of sp³-hybridized carbons (Fsp3) is 0.263. The first-order valence-electron chi connectivity index (χ1n) is 8.34. The molecule has 0 bridgehead atoms. The first-order valence-corrected chi connectivity index (χ1v) is 9.11. The first-order chi connectivity index (χ1) is 12.6. The molecule has 0 aliphatic rings. The van der Waals surface area contributed by atoms with Crippen molar-refractivity contribution in [2.75, 3.05) is 13.6 Å². The molecule has 6 nitrogen and oxygen atoms in total. The van der Waals surface area contributed by atoms with Crippen molar-refractivity contribution in [1.29, 1.82) is 0 Å². The molecule has 0 saturated heterocycles. The molecule has 0 fully saturated rings. The van der Waals surface area contributed by atoms with Crippen LogP contribution in [0.3, 0.4) is 0 Å². The monoisotopic (exact) mass is 368 g/mol. The second-order valence-corrected chi connectivity index (χ2v) is 6.81. The summed E-state index contributed by atoms with van der Waals surface area (Å²) in [4.78, 5) is 29.8. The van der Waals surface area contributed by atoms with Gasteiger partial charge in [-0.2, -0.15) is 4.37 Å². The highest BCUT2D eigenvalue weighted by Crippen LogP contribution is 2.20. The van der Waals surface area contributed by atoms with Crippen LogP contribution in [0, 0.1) is 12.8 Å². The van der Waals surface area contributed by atoms with E-state index in [0.717, 1.165) is 21.5 Å². The lowest BCUT2D eigenvalue weighted by Gasteiger charge is -2.16. The number of hydrogen-bond donors (Lipinski definition) is 2. The van der Waals surface area contributed by atoms with Crippen molar-refractivity contribution < 1.29 is 9.59 Å². The predicted octanol–water partition coefficient (Wildman–Crippen LogP) is 2.33. The number of fused-ring (bicyclic) bond motifs is 1.